The number of nitrogens with zero attached hydrogens (tertiary/aromatic N) is 3. The van der Waals surface area contributed by atoms with Gasteiger partial charge in [0.2, 0.25) is 17.7 Å². The van der Waals surface area contributed by atoms with E-state index >= 15 is 0 Å². The third kappa shape index (κ3) is 7.53. The number of hydrogen-bond acceptors (Lipinski definition) is 4. The van der Waals surface area contributed by atoms with E-state index in [-0.39, 0.29) is 41.4 Å². The van der Waals surface area contributed by atoms with Crippen LogP contribution in [0.5, 0.6) is 0 Å². The average Bonchev–Trinajstić information content (AvgIpc) is 3.22. The van der Waals surface area contributed by atoms with E-state index < -0.39 is 0 Å². The maximum absolute atomic E-state index is 13.2. The quantitative estimate of drug-likeness (QED) is 0.553. The Hall–Kier alpha value is -2.41. The Bertz CT molecular complexity index is 873. The van der Waals surface area contributed by atoms with E-state index in [1.54, 1.807) is 4.90 Å². The average molecular weight is 485 g/mol. The minimum absolute atomic E-state index is 0.00649. The van der Waals surface area contributed by atoms with Crippen LogP contribution in [0.1, 0.15) is 58.4 Å². The summed E-state index contributed by atoms with van der Waals surface area (Å²) in [4.78, 5) is 44.3. The van der Waals surface area contributed by atoms with Crippen LogP contribution in [0.15, 0.2) is 24.3 Å². The van der Waals surface area contributed by atoms with Crippen molar-refractivity contribution >= 4 is 23.4 Å². The Labute approximate surface area is 211 Å². The fourth-order valence-corrected chi connectivity index (χ4v) is 5.35. The number of nitrogens with one attached hydrogen (secondary N) is 1. The van der Waals surface area contributed by atoms with Gasteiger partial charge in [0.1, 0.15) is 0 Å². The first-order chi connectivity index (χ1) is 16.6. The summed E-state index contributed by atoms with van der Waals surface area (Å²) in [5, 5.41) is 3.12. The zero-order valence-corrected chi connectivity index (χ0v) is 22.3. The van der Waals surface area contributed by atoms with Gasteiger partial charge in [-0.1, -0.05) is 39.3 Å². The van der Waals surface area contributed by atoms with Gasteiger partial charge in [-0.05, 0) is 62.9 Å². The van der Waals surface area contributed by atoms with E-state index in [1.165, 1.54) is 5.56 Å². The van der Waals surface area contributed by atoms with Crippen molar-refractivity contribution in [2.45, 2.75) is 59.3 Å². The van der Waals surface area contributed by atoms with Gasteiger partial charge in [0, 0.05) is 50.7 Å². The van der Waals surface area contributed by atoms with Gasteiger partial charge in [-0.15, -0.1) is 0 Å². The van der Waals surface area contributed by atoms with E-state index in [4.69, 9.17) is 0 Å². The van der Waals surface area contributed by atoms with Crippen molar-refractivity contribution in [3.8, 4) is 0 Å². The van der Waals surface area contributed by atoms with Crippen LogP contribution in [-0.4, -0.2) is 74.3 Å². The van der Waals surface area contributed by atoms with E-state index in [9.17, 15) is 14.4 Å². The van der Waals surface area contributed by atoms with Gasteiger partial charge >= 0.3 is 0 Å². The number of benzene rings is 1. The number of amides is 3. The van der Waals surface area contributed by atoms with Crippen molar-refractivity contribution in [2.75, 3.05) is 51.7 Å². The summed E-state index contributed by atoms with van der Waals surface area (Å²) in [7, 11) is 4.08. The second kappa shape index (κ2) is 12.0. The number of unbranched alkanes of at least 4 members (excludes halogenated alkanes) is 1. The molecule has 0 aromatic heterocycles. The number of piperidine rings is 1. The molecule has 2 aliphatic heterocycles. The lowest BCUT2D eigenvalue weighted by molar-refractivity contribution is -0.139. The van der Waals surface area contributed by atoms with Crippen molar-refractivity contribution in [1.82, 2.24) is 15.1 Å². The summed E-state index contributed by atoms with van der Waals surface area (Å²) >= 11 is 0. The maximum atomic E-state index is 13.2. The Kier molecular flexibility index (Phi) is 9.34. The first-order valence-corrected chi connectivity index (χ1v) is 13.2. The van der Waals surface area contributed by atoms with E-state index in [0.717, 1.165) is 31.5 Å². The number of rotatable bonds is 10. The zero-order chi connectivity index (χ0) is 25.6. The summed E-state index contributed by atoms with van der Waals surface area (Å²) in [6.07, 6.45) is 4.98. The Morgan fingerprint density at radius 1 is 1.09 bits per heavy atom. The minimum Gasteiger partial charge on any atom is -0.355 e. The van der Waals surface area contributed by atoms with Crippen LogP contribution >= 0.6 is 0 Å². The maximum Gasteiger partial charge on any atom is 0.228 e. The lowest BCUT2D eigenvalue weighted by atomic mass is 9.91. The molecule has 2 fully saturated rings. The van der Waals surface area contributed by atoms with Gasteiger partial charge in [0.05, 0.1) is 5.92 Å². The molecule has 1 N–H and O–H groups in total. The molecule has 2 heterocycles. The van der Waals surface area contributed by atoms with Crippen LogP contribution in [0.4, 0.5) is 5.69 Å². The van der Waals surface area contributed by atoms with E-state index in [0.29, 0.717) is 39.0 Å². The highest BCUT2D eigenvalue weighted by Gasteiger charge is 2.38. The normalized spacial score (nSPS) is 19.5. The van der Waals surface area contributed by atoms with Crippen molar-refractivity contribution in [2.24, 2.45) is 17.3 Å². The van der Waals surface area contributed by atoms with Crippen molar-refractivity contribution in [3.63, 3.8) is 0 Å². The largest absolute Gasteiger partial charge is 0.355 e. The van der Waals surface area contributed by atoms with Gasteiger partial charge < -0.3 is 20.0 Å². The SMILES string of the molecule is CCCCc1ccc(N2CC(C(=O)N3CCC(C(=O)NCC(C)(C)CN(C)C)CC3)CC2=O)cc1. The first-order valence-electron chi connectivity index (χ1n) is 13.2. The fraction of sp³-hybridized carbons (Fsp3) is 0.679. The van der Waals surface area contributed by atoms with Crippen LogP contribution in [0.2, 0.25) is 0 Å². The molecule has 1 atom stereocenters. The Morgan fingerprint density at radius 3 is 2.34 bits per heavy atom. The van der Waals surface area contributed by atoms with Crippen molar-refractivity contribution in [1.29, 1.82) is 0 Å². The van der Waals surface area contributed by atoms with E-state index in [1.807, 2.05) is 31.1 Å². The lowest BCUT2D eigenvalue weighted by Crippen LogP contribution is -2.47. The molecule has 0 aliphatic carbocycles. The molecule has 7 heteroatoms. The van der Waals surface area contributed by atoms with Gasteiger partial charge in [-0.25, -0.2) is 0 Å². The first kappa shape index (κ1) is 27.2. The monoisotopic (exact) mass is 484 g/mol. The summed E-state index contributed by atoms with van der Waals surface area (Å²) < 4.78 is 0. The summed E-state index contributed by atoms with van der Waals surface area (Å²) in [6, 6.07) is 8.18. The number of carbonyl (C=O) groups excluding carboxylic acids is 3. The number of aryl methyl sites for hydroxylation is 1. The zero-order valence-electron chi connectivity index (χ0n) is 22.3. The van der Waals surface area contributed by atoms with Crippen LogP contribution in [0.3, 0.4) is 0 Å². The molecule has 194 valence electrons. The highest BCUT2D eigenvalue weighted by molar-refractivity contribution is 6.00. The second-order valence-electron chi connectivity index (χ2n) is 11.4. The minimum atomic E-state index is -0.306. The van der Waals surface area contributed by atoms with Crippen LogP contribution < -0.4 is 10.2 Å². The summed E-state index contributed by atoms with van der Waals surface area (Å²) in [5.41, 5.74) is 2.16. The molecule has 1 unspecified atom stereocenters. The lowest BCUT2D eigenvalue weighted by Gasteiger charge is -2.34. The van der Waals surface area contributed by atoms with Gasteiger partial charge in [0.25, 0.3) is 0 Å². The molecule has 0 saturated carbocycles. The highest BCUT2D eigenvalue weighted by Crippen LogP contribution is 2.28. The topological polar surface area (TPSA) is 73.0 Å². The molecule has 2 aliphatic rings. The number of hydrogen-bond donors (Lipinski definition) is 1. The molecule has 3 amide bonds. The highest BCUT2D eigenvalue weighted by atomic mass is 16.2. The second-order valence-corrected chi connectivity index (χ2v) is 11.4. The number of carbonyl (C=O) groups is 3. The Morgan fingerprint density at radius 2 is 1.74 bits per heavy atom. The van der Waals surface area contributed by atoms with Gasteiger partial charge in [0.15, 0.2) is 0 Å². The molecular weight excluding hydrogens is 440 g/mol. The standard InChI is InChI=1S/C28H44N4O3/c1-6-7-8-21-9-11-24(12-10-21)32-18-23(17-25(32)33)27(35)31-15-13-22(14-16-31)26(34)29-19-28(2,3)20-30(4)5/h9-12,22-23H,6-8,13-20H2,1-5H3,(H,29,34). The van der Waals surface area contributed by atoms with Crippen LogP contribution in [0, 0.1) is 17.3 Å². The molecule has 0 bridgehead atoms. The smallest absolute Gasteiger partial charge is 0.228 e. The molecule has 3 rings (SSSR count). The molecule has 35 heavy (non-hydrogen) atoms. The third-order valence-corrected chi connectivity index (χ3v) is 7.20. The number of anilines is 1. The number of likely N-dealkylation sites (tertiary alicyclic amines) is 1. The fourth-order valence-electron chi connectivity index (χ4n) is 5.35. The summed E-state index contributed by atoms with van der Waals surface area (Å²) in [6.45, 7) is 9.63. The summed E-state index contributed by atoms with van der Waals surface area (Å²) in [5.74, 6) is -0.208. The van der Waals surface area contributed by atoms with Gasteiger partial charge in [-0.2, -0.15) is 0 Å². The van der Waals surface area contributed by atoms with Gasteiger partial charge in [-0.3, -0.25) is 14.4 Å². The molecular formula is C28H44N4O3. The predicted molar refractivity (Wildman–Crippen MR) is 140 cm³/mol. The molecule has 1 aromatic carbocycles. The third-order valence-electron chi connectivity index (χ3n) is 7.20. The van der Waals surface area contributed by atoms with Crippen LogP contribution in [0.25, 0.3) is 0 Å². The molecule has 0 radical (unpaired) electrons. The van der Waals surface area contributed by atoms with Crippen molar-refractivity contribution < 1.29 is 14.4 Å². The molecule has 1 aromatic rings. The van der Waals surface area contributed by atoms with Crippen molar-refractivity contribution in [3.05, 3.63) is 29.8 Å². The predicted octanol–water partition coefficient (Wildman–Crippen LogP) is 3.32. The molecule has 2 saturated heterocycles. The molecule has 0 spiro atoms. The van der Waals surface area contributed by atoms with E-state index in [2.05, 4.69) is 43.1 Å². The Balaban J connectivity index is 1.47. The van der Waals surface area contributed by atoms with Crippen LogP contribution in [-0.2, 0) is 20.8 Å². The molecule has 7 nitrogen and oxygen atoms in total.